The number of carbonyl (C=O) groups is 2. The number of carbonyl (C=O) groups excluding carboxylic acids is 2. The average Bonchev–Trinajstić information content (AvgIpc) is 2.97. The normalized spacial score (nSPS) is 10.9. The summed E-state index contributed by atoms with van der Waals surface area (Å²) in [4.78, 5) is 30.7. The first-order valence-electron chi connectivity index (χ1n) is 14.8. The Hall–Kier alpha value is -2.65. The zero-order valence-electron chi connectivity index (χ0n) is 26.5. The molecule has 0 bridgehead atoms. The maximum atomic E-state index is 13.8. The van der Waals surface area contributed by atoms with Crippen molar-refractivity contribution in [3.05, 3.63) is 59.2 Å². The Labute approximate surface area is 252 Å². The summed E-state index contributed by atoms with van der Waals surface area (Å²) in [6.07, 6.45) is 9.05. The molecule has 9 heteroatoms. The minimum absolute atomic E-state index is 0.0653. The number of likely N-dealkylation sites (N-methyl/N-ethyl adjacent to an activating group) is 2. The number of unbranched alkanes of at least 4 members (excludes halogenated alkanes) is 1. The second-order valence-corrected chi connectivity index (χ2v) is 10.4. The molecule has 2 aromatic rings. The van der Waals surface area contributed by atoms with Crippen molar-refractivity contribution >= 4 is 23.6 Å². The molecule has 0 aliphatic carbocycles. The molecule has 1 atom stereocenters. The van der Waals surface area contributed by atoms with Crippen LogP contribution in [0.1, 0.15) is 70.1 Å². The van der Waals surface area contributed by atoms with Gasteiger partial charge in [0.25, 0.3) is 0 Å². The van der Waals surface area contributed by atoms with Crippen molar-refractivity contribution in [3.63, 3.8) is 0 Å². The lowest BCUT2D eigenvalue weighted by atomic mass is 10.1. The summed E-state index contributed by atoms with van der Waals surface area (Å²) in [7, 11) is 1.69. The molecule has 1 aromatic heterocycles. The van der Waals surface area contributed by atoms with Gasteiger partial charge in [0, 0.05) is 39.0 Å². The Kier molecular flexibility index (Phi) is 22.4. The molecule has 0 saturated heterocycles. The zero-order chi connectivity index (χ0) is 31.0. The fourth-order valence-corrected chi connectivity index (χ4v) is 4.20. The number of pyridine rings is 1. The van der Waals surface area contributed by atoms with Crippen molar-refractivity contribution in [2.45, 2.75) is 79.7 Å². The summed E-state index contributed by atoms with van der Waals surface area (Å²) in [5, 5.41) is 6.07. The van der Waals surface area contributed by atoms with Crippen molar-refractivity contribution in [3.8, 4) is 5.75 Å². The highest BCUT2D eigenvalue weighted by Gasteiger charge is 2.25. The number of hydrogen-bond donors (Lipinski definition) is 2. The predicted octanol–water partition coefficient (Wildman–Crippen LogP) is 5.97. The van der Waals surface area contributed by atoms with Gasteiger partial charge in [-0.2, -0.15) is 11.8 Å². The number of aryl methyl sites for hydroxylation is 3. The number of halogens is 1. The Morgan fingerprint density at radius 1 is 1.07 bits per heavy atom. The number of nitrogens with one attached hydrogen (secondary N) is 2. The fourth-order valence-electron chi connectivity index (χ4n) is 3.74. The molecule has 7 nitrogen and oxygen atoms in total. The van der Waals surface area contributed by atoms with Crippen LogP contribution in [0.15, 0.2) is 36.7 Å². The summed E-state index contributed by atoms with van der Waals surface area (Å²) >= 11 is 1.66. The van der Waals surface area contributed by atoms with Gasteiger partial charge in [-0.3, -0.25) is 14.6 Å². The first-order chi connectivity index (χ1) is 19.7. The van der Waals surface area contributed by atoms with Crippen LogP contribution in [0.4, 0.5) is 4.39 Å². The van der Waals surface area contributed by atoms with Gasteiger partial charge >= 0.3 is 0 Å². The molecule has 232 valence electrons. The standard InChI is InChI=1S/C22H36FN3O3S.C8H11N.C2H6/c1-5-24-12-13-25-22(28)19(11-15-30-4)26(3)21(27)8-6-7-14-29-20-10-9-17(2)16-18(20)23;1-3-8-4-7(2)5-9-6-8;1-2/h9-10,16,19,24H,5-8,11-15H2,1-4H3,(H,25,28);4-6H,3H2,1-2H3;1-2H3. The van der Waals surface area contributed by atoms with E-state index in [1.165, 1.54) is 17.2 Å². The van der Waals surface area contributed by atoms with Crippen molar-refractivity contribution < 1.29 is 18.7 Å². The molecule has 41 heavy (non-hydrogen) atoms. The molecule has 0 saturated carbocycles. The molecule has 2 rings (SSSR count). The van der Waals surface area contributed by atoms with Crippen LogP contribution in [-0.4, -0.2) is 73.0 Å². The van der Waals surface area contributed by atoms with Crippen LogP contribution in [0, 0.1) is 19.7 Å². The summed E-state index contributed by atoms with van der Waals surface area (Å²) in [5.74, 6) is 0.484. The van der Waals surface area contributed by atoms with E-state index in [0.717, 1.165) is 24.3 Å². The lowest BCUT2D eigenvalue weighted by Gasteiger charge is -2.27. The summed E-state index contributed by atoms with van der Waals surface area (Å²) in [5.41, 5.74) is 3.40. The van der Waals surface area contributed by atoms with Crippen molar-refractivity contribution in [1.29, 1.82) is 0 Å². The second-order valence-electron chi connectivity index (χ2n) is 9.41. The molecule has 2 amide bonds. The predicted molar refractivity (Wildman–Crippen MR) is 171 cm³/mol. The number of ether oxygens (including phenoxy) is 1. The first kappa shape index (κ1) is 38.4. The van der Waals surface area contributed by atoms with E-state index < -0.39 is 6.04 Å². The number of amides is 2. The third kappa shape index (κ3) is 17.0. The Morgan fingerprint density at radius 3 is 2.39 bits per heavy atom. The molecule has 0 aliphatic rings. The molecule has 0 fully saturated rings. The number of benzene rings is 1. The zero-order valence-corrected chi connectivity index (χ0v) is 27.3. The van der Waals surface area contributed by atoms with Crippen molar-refractivity contribution in [1.82, 2.24) is 20.5 Å². The third-order valence-electron chi connectivity index (χ3n) is 6.08. The number of nitrogens with zero attached hydrogens (tertiary/aromatic N) is 2. The van der Waals surface area contributed by atoms with E-state index in [9.17, 15) is 14.0 Å². The van der Waals surface area contributed by atoms with Gasteiger partial charge in [0.05, 0.1) is 6.61 Å². The van der Waals surface area contributed by atoms with Crippen molar-refractivity contribution in [2.75, 3.05) is 45.3 Å². The lowest BCUT2D eigenvalue weighted by molar-refractivity contribution is -0.139. The van der Waals surface area contributed by atoms with Crippen LogP contribution in [0.2, 0.25) is 0 Å². The van der Waals surface area contributed by atoms with Gasteiger partial charge in [0.1, 0.15) is 6.04 Å². The van der Waals surface area contributed by atoms with E-state index in [-0.39, 0.29) is 23.4 Å². The van der Waals surface area contributed by atoms with E-state index in [4.69, 9.17) is 4.74 Å². The van der Waals surface area contributed by atoms with Crippen LogP contribution in [0.5, 0.6) is 5.75 Å². The summed E-state index contributed by atoms with van der Waals surface area (Å²) in [6.45, 7) is 14.5. The molecule has 1 aromatic carbocycles. The van der Waals surface area contributed by atoms with E-state index >= 15 is 0 Å². The van der Waals surface area contributed by atoms with E-state index in [0.29, 0.717) is 45.4 Å². The number of thioether (sulfide) groups is 1. The summed E-state index contributed by atoms with van der Waals surface area (Å²) in [6, 6.07) is 6.55. The minimum atomic E-state index is -0.468. The van der Waals surface area contributed by atoms with E-state index in [1.807, 2.05) is 46.3 Å². The summed E-state index contributed by atoms with van der Waals surface area (Å²) < 4.78 is 19.2. The fraction of sp³-hybridized carbons (Fsp3) is 0.594. The molecule has 1 unspecified atom stereocenters. The van der Waals surface area contributed by atoms with Gasteiger partial charge < -0.3 is 20.3 Å². The van der Waals surface area contributed by atoms with Gasteiger partial charge in [0.2, 0.25) is 11.8 Å². The van der Waals surface area contributed by atoms with Gasteiger partial charge in [-0.15, -0.1) is 0 Å². The highest BCUT2D eigenvalue weighted by Crippen LogP contribution is 2.18. The SMILES string of the molecule is CC.CCNCCNC(=O)C(CCSC)N(C)C(=O)CCCCOc1ccc(C)cc1F.CCc1cncc(C)c1. The quantitative estimate of drug-likeness (QED) is 0.234. The van der Waals surface area contributed by atoms with Crippen LogP contribution >= 0.6 is 11.8 Å². The van der Waals surface area contributed by atoms with Gasteiger partial charge in [-0.05, 0) is 86.9 Å². The number of rotatable bonds is 16. The third-order valence-corrected chi connectivity index (χ3v) is 6.72. The second kappa shape index (κ2) is 24.0. The molecule has 0 aliphatic heterocycles. The Balaban J connectivity index is 0.00000121. The Bertz CT molecular complexity index is 993. The molecular formula is C32H53FN4O3S. The van der Waals surface area contributed by atoms with Crippen LogP contribution in [0.25, 0.3) is 0 Å². The van der Waals surface area contributed by atoms with Crippen LogP contribution in [-0.2, 0) is 16.0 Å². The largest absolute Gasteiger partial charge is 0.491 e. The average molecular weight is 593 g/mol. The maximum absolute atomic E-state index is 13.8. The number of aromatic nitrogens is 1. The molecule has 2 N–H and O–H groups in total. The number of hydrogen-bond acceptors (Lipinski definition) is 6. The highest BCUT2D eigenvalue weighted by molar-refractivity contribution is 7.98. The van der Waals surface area contributed by atoms with Gasteiger partial charge in [-0.25, -0.2) is 4.39 Å². The lowest BCUT2D eigenvalue weighted by Crippen LogP contribution is -2.49. The van der Waals surface area contributed by atoms with E-state index in [2.05, 4.69) is 35.5 Å². The van der Waals surface area contributed by atoms with E-state index in [1.54, 1.807) is 35.8 Å². The van der Waals surface area contributed by atoms with Gasteiger partial charge in [0.15, 0.2) is 11.6 Å². The first-order valence-corrected chi connectivity index (χ1v) is 16.1. The molecular weight excluding hydrogens is 539 g/mol. The van der Waals surface area contributed by atoms with Crippen molar-refractivity contribution in [2.24, 2.45) is 0 Å². The monoisotopic (exact) mass is 592 g/mol. The molecule has 0 spiro atoms. The van der Waals surface area contributed by atoms with Crippen LogP contribution < -0.4 is 15.4 Å². The highest BCUT2D eigenvalue weighted by atomic mass is 32.2. The molecule has 0 radical (unpaired) electrons. The molecule has 1 heterocycles. The smallest absolute Gasteiger partial charge is 0.242 e. The van der Waals surface area contributed by atoms with Crippen LogP contribution in [0.3, 0.4) is 0 Å². The Morgan fingerprint density at radius 2 is 1.80 bits per heavy atom. The maximum Gasteiger partial charge on any atom is 0.242 e. The van der Waals surface area contributed by atoms with Gasteiger partial charge in [-0.1, -0.05) is 39.8 Å². The topological polar surface area (TPSA) is 83.6 Å². The minimum Gasteiger partial charge on any atom is -0.491 e.